The molecule has 1 heterocycles. The van der Waals surface area contributed by atoms with E-state index in [0.717, 1.165) is 25.7 Å². The minimum atomic E-state index is 0.0250. The van der Waals surface area contributed by atoms with E-state index >= 15 is 0 Å². The van der Waals surface area contributed by atoms with Gasteiger partial charge in [-0.05, 0) is 164 Å². The van der Waals surface area contributed by atoms with Crippen LogP contribution in [0.4, 0.5) is 11.4 Å². The van der Waals surface area contributed by atoms with Gasteiger partial charge in [0.25, 0.3) is 0 Å². The Morgan fingerprint density at radius 1 is 0.597 bits per heavy atom. The Kier molecular flexibility index (Phi) is 15.3. The van der Waals surface area contributed by atoms with E-state index in [1.165, 1.54) is 113 Å². The van der Waals surface area contributed by atoms with Crippen molar-refractivity contribution >= 4 is 49.9 Å². The Bertz CT molecular complexity index is 3330. The molecule has 72 heavy (non-hydrogen) atoms. The summed E-state index contributed by atoms with van der Waals surface area (Å²) in [5.41, 5.74) is 23.0. The van der Waals surface area contributed by atoms with Crippen LogP contribution < -0.4 is 4.90 Å². The molecule has 5 aliphatic rings. The number of rotatable bonds is 7. The molecule has 0 aliphatic heterocycles. The van der Waals surface area contributed by atoms with Crippen LogP contribution in [0.5, 0.6) is 0 Å². The Morgan fingerprint density at radius 3 is 2.04 bits per heavy atom. The quantitative estimate of drug-likeness (QED) is 0.155. The summed E-state index contributed by atoms with van der Waals surface area (Å²) >= 11 is 0. The van der Waals surface area contributed by atoms with E-state index in [2.05, 4.69) is 244 Å². The summed E-state index contributed by atoms with van der Waals surface area (Å²) in [6.07, 6.45) is 29.5. The number of para-hydroxylation sites is 2. The molecular weight excluding hydrogens is 869 g/mol. The normalized spacial score (nSPS) is 18.2. The number of benzene rings is 6. The van der Waals surface area contributed by atoms with Crippen LogP contribution in [0.2, 0.25) is 0 Å². The van der Waals surface area contributed by atoms with Crippen LogP contribution in [-0.2, 0) is 5.41 Å². The first-order valence-electron chi connectivity index (χ1n) is 26.9. The average Bonchev–Trinajstić information content (AvgIpc) is 3.88. The summed E-state index contributed by atoms with van der Waals surface area (Å²) in [4.78, 5) is 2.56. The van der Waals surface area contributed by atoms with Crippen LogP contribution in [0, 0.1) is 6.92 Å². The van der Waals surface area contributed by atoms with Crippen LogP contribution in [0.3, 0.4) is 0 Å². The summed E-state index contributed by atoms with van der Waals surface area (Å²) in [6, 6.07) is 52.7. The fourth-order valence-corrected chi connectivity index (χ4v) is 11.7. The van der Waals surface area contributed by atoms with Gasteiger partial charge in [0.15, 0.2) is 0 Å². The number of nitrogens with zero attached hydrogens (tertiary/aromatic N) is 2. The third-order valence-electron chi connectivity index (χ3n) is 15.4. The Balaban J connectivity index is 0.000000527. The number of aromatic nitrogens is 1. The van der Waals surface area contributed by atoms with Gasteiger partial charge < -0.3 is 9.47 Å². The van der Waals surface area contributed by atoms with Crippen LogP contribution in [0.15, 0.2) is 217 Å². The number of allylic oxidation sites excluding steroid dienone is 14. The van der Waals surface area contributed by atoms with Crippen molar-refractivity contribution in [3.63, 3.8) is 0 Å². The van der Waals surface area contributed by atoms with Gasteiger partial charge in [-0.2, -0.15) is 0 Å². The molecule has 2 heteroatoms. The molecule has 7 aromatic rings. The fourth-order valence-electron chi connectivity index (χ4n) is 11.7. The van der Waals surface area contributed by atoms with E-state index in [1.54, 1.807) is 5.57 Å². The largest absolute Gasteiger partial charge is 0.334 e. The lowest BCUT2D eigenvalue weighted by Gasteiger charge is -2.34. The molecule has 2 unspecified atom stereocenters. The van der Waals surface area contributed by atoms with E-state index < -0.39 is 0 Å². The molecule has 0 saturated carbocycles. The fraction of sp³-hybridized carbons (Fsp3) is 0.257. The van der Waals surface area contributed by atoms with Crippen LogP contribution in [0.1, 0.15) is 133 Å². The number of hydrogen-bond acceptors (Lipinski definition) is 1. The molecule has 364 valence electrons. The molecule has 6 aromatic carbocycles. The molecule has 0 N–H and O–H groups in total. The molecule has 2 atom stereocenters. The van der Waals surface area contributed by atoms with Gasteiger partial charge in [-0.25, -0.2) is 0 Å². The van der Waals surface area contributed by atoms with Crippen molar-refractivity contribution in [2.24, 2.45) is 0 Å². The highest BCUT2D eigenvalue weighted by molar-refractivity contribution is 6.09. The van der Waals surface area contributed by atoms with Gasteiger partial charge in [-0.1, -0.05) is 204 Å². The number of aryl methyl sites for hydroxylation is 1. The summed E-state index contributed by atoms with van der Waals surface area (Å²) < 4.78 is 2.41. The molecule has 1 aromatic heterocycles. The summed E-state index contributed by atoms with van der Waals surface area (Å²) in [6.45, 7) is 19.6. The van der Waals surface area contributed by atoms with Crippen molar-refractivity contribution in [2.75, 3.05) is 4.90 Å². The lowest BCUT2D eigenvalue weighted by atomic mass is 9.75. The third-order valence-corrected chi connectivity index (χ3v) is 15.4. The maximum Gasteiger partial charge on any atom is 0.0559 e. The SMILES string of the molecule is CC.CC.CC1=C(c2ccccc2C)C=C(c2ccc(N(c3ccc4c(c3)C(C)(C)C3=C4C=CCC3)C3C=CC=CC3)cc2)CC1c1ccc2c(c1)c1ccccc1n2-c1ccccc1.CC1=CC=CCC1. The topological polar surface area (TPSA) is 8.17 Å². The predicted octanol–water partition coefficient (Wildman–Crippen LogP) is 19.9. The number of hydrogen-bond donors (Lipinski definition) is 0. The first-order valence-corrected chi connectivity index (χ1v) is 26.9. The van der Waals surface area contributed by atoms with E-state index in [-0.39, 0.29) is 17.4 Å². The second kappa shape index (κ2) is 22.1. The van der Waals surface area contributed by atoms with Crippen molar-refractivity contribution < 1.29 is 0 Å². The zero-order chi connectivity index (χ0) is 50.4. The van der Waals surface area contributed by atoms with Gasteiger partial charge >= 0.3 is 0 Å². The highest BCUT2D eigenvalue weighted by Crippen LogP contribution is 2.52. The van der Waals surface area contributed by atoms with Crippen molar-refractivity contribution in [1.82, 2.24) is 4.57 Å². The van der Waals surface area contributed by atoms with Gasteiger partial charge in [0.2, 0.25) is 0 Å². The van der Waals surface area contributed by atoms with Gasteiger partial charge in [0, 0.05) is 39.2 Å². The minimum Gasteiger partial charge on any atom is -0.334 e. The van der Waals surface area contributed by atoms with Gasteiger partial charge in [-0.15, -0.1) is 0 Å². The highest BCUT2D eigenvalue weighted by Gasteiger charge is 2.38. The van der Waals surface area contributed by atoms with E-state index in [1.807, 2.05) is 27.7 Å². The lowest BCUT2D eigenvalue weighted by molar-refractivity contribution is 0.607. The van der Waals surface area contributed by atoms with Gasteiger partial charge in [0.05, 0.1) is 17.1 Å². The zero-order valence-corrected chi connectivity index (χ0v) is 44.3. The Hall–Kier alpha value is -7.16. The maximum atomic E-state index is 2.56. The maximum absolute atomic E-state index is 2.56. The first kappa shape index (κ1) is 49.8. The molecule has 0 amide bonds. The van der Waals surface area contributed by atoms with Crippen molar-refractivity contribution in [3.8, 4) is 5.69 Å². The summed E-state index contributed by atoms with van der Waals surface area (Å²) in [5, 5.41) is 2.59. The van der Waals surface area contributed by atoms with Crippen molar-refractivity contribution in [1.29, 1.82) is 0 Å². The average molecular weight is 943 g/mol. The zero-order valence-electron chi connectivity index (χ0n) is 44.3. The van der Waals surface area contributed by atoms with Gasteiger partial charge in [0.1, 0.15) is 0 Å². The summed E-state index contributed by atoms with van der Waals surface area (Å²) in [5.74, 6) is 0.234. The van der Waals surface area contributed by atoms with Gasteiger partial charge in [-0.3, -0.25) is 0 Å². The second-order valence-electron chi connectivity index (χ2n) is 20.0. The van der Waals surface area contributed by atoms with Crippen molar-refractivity contribution in [2.45, 2.75) is 118 Å². The van der Waals surface area contributed by atoms with Crippen LogP contribution in [0.25, 0.3) is 44.2 Å². The van der Waals surface area contributed by atoms with Crippen LogP contribution in [-0.4, -0.2) is 10.6 Å². The smallest absolute Gasteiger partial charge is 0.0559 e. The van der Waals surface area contributed by atoms with E-state index in [0.29, 0.717) is 0 Å². The molecule has 0 spiro atoms. The standard InChI is InChI=1S/C59H52N2.C7H10.2C2H6/c1-39-17-11-12-22-48(39)53-37-43(36-52(40(53)2)42-29-34-58-54(35-42)51-24-14-16-26-57(51)61(58)45-20-9-6-10-21-45)41-27-30-46(31-28-41)60(44-18-7-5-8-19-44)47-32-33-50-49-23-13-15-25-55(49)59(3,4)56(50)38-47;1-7-5-3-2-4-6-7;2*1-2/h5-14,16-18,20-24,26-35,37-38,44,52H,15,19,25,36H2,1-4H3;2-3,5H,4,6H2,1H3;2*1-2H3. The monoisotopic (exact) mass is 943 g/mol. The molecule has 12 rings (SSSR count). The van der Waals surface area contributed by atoms with E-state index in [4.69, 9.17) is 0 Å². The predicted molar refractivity (Wildman–Crippen MR) is 315 cm³/mol. The van der Waals surface area contributed by atoms with Crippen molar-refractivity contribution in [3.05, 3.63) is 250 Å². The molecule has 5 aliphatic carbocycles. The molecule has 0 bridgehead atoms. The summed E-state index contributed by atoms with van der Waals surface area (Å²) in [7, 11) is 0. The molecule has 2 nitrogen and oxygen atoms in total. The molecule has 0 saturated heterocycles. The first-order chi connectivity index (χ1) is 35.2. The second-order valence-corrected chi connectivity index (χ2v) is 20.0. The molecular formula is C70H74N2. The Labute approximate surface area is 431 Å². The van der Waals surface area contributed by atoms with E-state index in [9.17, 15) is 0 Å². The van der Waals surface area contributed by atoms with Crippen LogP contribution >= 0.6 is 0 Å². The third kappa shape index (κ3) is 9.65. The Morgan fingerprint density at radius 2 is 1.32 bits per heavy atom. The lowest BCUT2D eigenvalue weighted by Crippen LogP contribution is -2.30. The highest BCUT2D eigenvalue weighted by atomic mass is 15.2. The molecule has 0 radical (unpaired) electrons. The number of fused-ring (bicyclic) bond motifs is 5. The number of anilines is 2. The molecule has 0 fully saturated rings. The minimum absolute atomic E-state index is 0.0250.